The molecule has 8 nitrogen and oxygen atoms in total. The van der Waals surface area contributed by atoms with Crippen LogP contribution in [0.5, 0.6) is 17.2 Å². The Kier molecular flexibility index (Phi) is 8.03. The predicted molar refractivity (Wildman–Crippen MR) is 135 cm³/mol. The van der Waals surface area contributed by atoms with Crippen LogP contribution in [-0.2, 0) is 14.8 Å². The molecule has 0 radical (unpaired) electrons. The van der Waals surface area contributed by atoms with E-state index in [1.54, 1.807) is 36.4 Å². The minimum Gasteiger partial charge on any atom is -0.497 e. The molecule has 0 saturated heterocycles. The molecule has 3 rings (SSSR count). The fourth-order valence-electron chi connectivity index (χ4n) is 3.03. The topological polar surface area (TPSA) is 94.2 Å². The van der Waals surface area contributed by atoms with Gasteiger partial charge in [-0.3, -0.25) is 9.10 Å². The van der Waals surface area contributed by atoms with Gasteiger partial charge in [0.25, 0.3) is 10.0 Å². The van der Waals surface area contributed by atoms with E-state index in [0.717, 1.165) is 7.88 Å². The fourth-order valence-corrected chi connectivity index (χ4v) is 4.83. The molecule has 0 fully saturated rings. The number of ether oxygens (including phenoxy) is 3. The first kappa shape index (κ1) is 24.6. The molecule has 0 unspecified atom stereocenters. The van der Waals surface area contributed by atoms with Crippen molar-refractivity contribution in [2.45, 2.75) is 4.90 Å². The molecule has 1 amide bonds. The number of hydrogen-bond donors (Lipinski definition) is 1. The molecule has 0 heterocycles. The van der Waals surface area contributed by atoms with Gasteiger partial charge in [0.05, 0.1) is 31.9 Å². The van der Waals surface area contributed by atoms with E-state index in [9.17, 15) is 13.2 Å². The van der Waals surface area contributed by atoms with Gasteiger partial charge in [-0.05, 0) is 83.3 Å². The van der Waals surface area contributed by atoms with Gasteiger partial charge in [0, 0.05) is 15.3 Å². The molecular formula is C23H23IN2O6S. The zero-order valence-electron chi connectivity index (χ0n) is 18.2. The summed E-state index contributed by atoms with van der Waals surface area (Å²) in [6, 6.07) is 17.9. The van der Waals surface area contributed by atoms with Gasteiger partial charge in [-0.25, -0.2) is 8.42 Å². The number of carbonyl (C=O) groups is 1. The van der Waals surface area contributed by atoms with Crippen LogP contribution < -0.4 is 23.8 Å². The van der Waals surface area contributed by atoms with E-state index < -0.39 is 22.5 Å². The zero-order valence-corrected chi connectivity index (χ0v) is 21.2. The number of nitrogens with one attached hydrogen (secondary N) is 1. The van der Waals surface area contributed by atoms with Crippen molar-refractivity contribution in [1.82, 2.24) is 0 Å². The van der Waals surface area contributed by atoms with E-state index in [4.69, 9.17) is 14.2 Å². The van der Waals surface area contributed by atoms with E-state index >= 15 is 0 Å². The number of hydrogen-bond acceptors (Lipinski definition) is 6. The molecule has 0 saturated carbocycles. The lowest BCUT2D eigenvalue weighted by molar-refractivity contribution is -0.114. The highest BCUT2D eigenvalue weighted by Crippen LogP contribution is 2.32. The van der Waals surface area contributed by atoms with Crippen molar-refractivity contribution < 1.29 is 27.4 Å². The first-order valence-corrected chi connectivity index (χ1v) is 12.2. The Hall–Kier alpha value is -2.99. The molecule has 0 aliphatic carbocycles. The molecule has 3 aromatic carbocycles. The third kappa shape index (κ3) is 5.88. The van der Waals surface area contributed by atoms with Gasteiger partial charge in [0.15, 0.2) is 11.5 Å². The van der Waals surface area contributed by atoms with Gasteiger partial charge in [-0.15, -0.1) is 0 Å². The van der Waals surface area contributed by atoms with Crippen LogP contribution in [0.3, 0.4) is 0 Å². The van der Waals surface area contributed by atoms with E-state index in [2.05, 4.69) is 27.9 Å². The van der Waals surface area contributed by atoms with Gasteiger partial charge in [-0.1, -0.05) is 0 Å². The normalized spacial score (nSPS) is 10.9. The number of carbonyl (C=O) groups excluding carboxylic acids is 1. The van der Waals surface area contributed by atoms with Crippen LogP contribution in [0.25, 0.3) is 0 Å². The van der Waals surface area contributed by atoms with Crippen LogP contribution in [-0.4, -0.2) is 42.2 Å². The maximum Gasteiger partial charge on any atom is 0.264 e. The molecule has 3 aromatic rings. The second kappa shape index (κ2) is 10.8. The largest absolute Gasteiger partial charge is 0.497 e. The molecule has 0 spiro atoms. The number of amides is 1. The summed E-state index contributed by atoms with van der Waals surface area (Å²) in [6.45, 7) is -0.436. The number of sulfonamides is 1. The van der Waals surface area contributed by atoms with Crippen molar-refractivity contribution in [2.24, 2.45) is 0 Å². The standard InChI is InChI=1S/C23H23IN2O6S/c1-30-19-10-8-18(9-11-19)26(15-23(27)25-17-6-4-16(24)5-7-17)33(28,29)20-12-13-21(31-2)22(14-20)32-3/h4-14H,15H2,1-3H3,(H,25,27). The van der Waals surface area contributed by atoms with E-state index in [1.165, 1.54) is 39.5 Å². The fraction of sp³-hybridized carbons (Fsp3) is 0.174. The Morgan fingerprint density at radius 2 is 1.52 bits per heavy atom. The van der Waals surface area contributed by atoms with Crippen LogP contribution in [0.1, 0.15) is 0 Å². The van der Waals surface area contributed by atoms with E-state index in [-0.39, 0.29) is 10.6 Å². The minimum absolute atomic E-state index is 0.0435. The van der Waals surface area contributed by atoms with Crippen molar-refractivity contribution in [3.8, 4) is 17.2 Å². The minimum atomic E-state index is -4.13. The molecule has 0 aromatic heterocycles. The quantitative estimate of drug-likeness (QED) is 0.381. The second-order valence-corrected chi connectivity index (χ2v) is 9.89. The van der Waals surface area contributed by atoms with Crippen LogP contribution in [0.2, 0.25) is 0 Å². The highest BCUT2D eigenvalue weighted by atomic mass is 127. The highest BCUT2D eigenvalue weighted by Gasteiger charge is 2.28. The van der Waals surface area contributed by atoms with Crippen molar-refractivity contribution in [2.75, 3.05) is 37.5 Å². The number of methoxy groups -OCH3 is 3. The molecular weight excluding hydrogens is 559 g/mol. The monoisotopic (exact) mass is 582 g/mol. The molecule has 10 heteroatoms. The zero-order chi connectivity index (χ0) is 24.0. The van der Waals surface area contributed by atoms with Crippen molar-refractivity contribution in [3.05, 3.63) is 70.3 Å². The first-order chi connectivity index (χ1) is 15.8. The summed E-state index contributed by atoms with van der Waals surface area (Å²) in [4.78, 5) is 12.8. The smallest absolute Gasteiger partial charge is 0.264 e. The Bertz CT molecular complexity index is 1210. The van der Waals surface area contributed by atoms with Crippen LogP contribution in [0, 0.1) is 3.57 Å². The third-order valence-electron chi connectivity index (χ3n) is 4.72. The Morgan fingerprint density at radius 3 is 2.09 bits per heavy atom. The Morgan fingerprint density at radius 1 is 0.879 bits per heavy atom. The molecule has 174 valence electrons. The van der Waals surface area contributed by atoms with Crippen LogP contribution in [0.15, 0.2) is 71.6 Å². The summed E-state index contributed by atoms with van der Waals surface area (Å²) in [7, 11) is 0.269. The van der Waals surface area contributed by atoms with Gasteiger partial charge >= 0.3 is 0 Å². The SMILES string of the molecule is COc1ccc(N(CC(=O)Nc2ccc(I)cc2)S(=O)(=O)c2ccc(OC)c(OC)c2)cc1. The number of benzene rings is 3. The van der Waals surface area contributed by atoms with E-state index in [0.29, 0.717) is 22.9 Å². The number of anilines is 2. The summed E-state index contributed by atoms with van der Waals surface area (Å²) in [5.41, 5.74) is 0.877. The molecule has 0 atom stereocenters. The Balaban J connectivity index is 1.98. The summed E-state index contributed by atoms with van der Waals surface area (Å²) >= 11 is 2.16. The number of halogens is 1. The molecule has 1 N–H and O–H groups in total. The maximum absolute atomic E-state index is 13.6. The maximum atomic E-state index is 13.6. The first-order valence-electron chi connectivity index (χ1n) is 9.72. The average molecular weight is 582 g/mol. The van der Waals surface area contributed by atoms with Crippen molar-refractivity contribution in [1.29, 1.82) is 0 Å². The predicted octanol–water partition coefficient (Wildman–Crippen LogP) is 4.15. The molecule has 0 aliphatic rings. The molecule has 0 aliphatic heterocycles. The Labute approximate surface area is 206 Å². The summed E-state index contributed by atoms with van der Waals surface area (Å²) in [6.07, 6.45) is 0. The van der Waals surface area contributed by atoms with Crippen LogP contribution in [0.4, 0.5) is 11.4 Å². The van der Waals surface area contributed by atoms with Gasteiger partial charge in [0.1, 0.15) is 12.3 Å². The van der Waals surface area contributed by atoms with Crippen molar-refractivity contribution >= 4 is 49.9 Å². The third-order valence-corrected chi connectivity index (χ3v) is 7.21. The molecule has 33 heavy (non-hydrogen) atoms. The lowest BCUT2D eigenvalue weighted by Gasteiger charge is -2.24. The highest BCUT2D eigenvalue weighted by molar-refractivity contribution is 14.1. The lowest BCUT2D eigenvalue weighted by Crippen LogP contribution is -2.38. The number of rotatable bonds is 9. The van der Waals surface area contributed by atoms with Crippen molar-refractivity contribution in [3.63, 3.8) is 0 Å². The van der Waals surface area contributed by atoms with E-state index in [1.807, 2.05) is 12.1 Å². The number of nitrogens with zero attached hydrogens (tertiary/aromatic N) is 1. The van der Waals surface area contributed by atoms with Crippen LogP contribution >= 0.6 is 22.6 Å². The van der Waals surface area contributed by atoms with Gasteiger partial charge < -0.3 is 19.5 Å². The second-order valence-electron chi connectivity index (χ2n) is 6.78. The summed E-state index contributed by atoms with van der Waals surface area (Å²) < 4.78 is 44.9. The van der Waals surface area contributed by atoms with Gasteiger partial charge in [0.2, 0.25) is 5.91 Å². The molecule has 0 bridgehead atoms. The lowest BCUT2D eigenvalue weighted by atomic mass is 10.3. The average Bonchev–Trinajstić information content (AvgIpc) is 2.83. The summed E-state index contributed by atoms with van der Waals surface area (Å²) in [5, 5.41) is 2.74. The van der Waals surface area contributed by atoms with Gasteiger partial charge in [-0.2, -0.15) is 0 Å². The summed E-state index contributed by atoms with van der Waals surface area (Å²) in [5.74, 6) is 0.724.